The minimum atomic E-state index is -4.44. The van der Waals surface area contributed by atoms with Crippen LogP contribution in [-0.4, -0.2) is 56.3 Å². The number of hydrogen-bond acceptors (Lipinski definition) is 4. The van der Waals surface area contributed by atoms with E-state index in [0.717, 1.165) is 16.4 Å². The number of amides is 1. The fourth-order valence-electron chi connectivity index (χ4n) is 4.10. The van der Waals surface area contributed by atoms with Gasteiger partial charge in [-0.15, -0.1) is 0 Å². The molecule has 1 heterocycles. The van der Waals surface area contributed by atoms with Crippen molar-refractivity contribution in [3.8, 4) is 0 Å². The molecule has 6 nitrogen and oxygen atoms in total. The summed E-state index contributed by atoms with van der Waals surface area (Å²) in [4.78, 5) is 16.6. The summed E-state index contributed by atoms with van der Waals surface area (Å²) in [6.45, 7) is 0.781. The first-order valence-corrected chi connectivity index (χ1v) is 13.4. The van der Waals surface area contributed by atoms with E-state index in [0.29, 0.717) is 29.4 Å². The summed E-state index contributed by atoms with van der Waals surface area (Å²) < 4.78 is 67.2. The number of rotatable bonds is 7. The summed E-state index contributed by atoms with van der Waals surface area (Å²) in [5, 5.41) is 0.510. The van der Waals surface area contributed by atoms with Crippen LogP contribution < -0.4 is 4.90 Å². The maximum absolute atomic E-state index is 13.4. The van der Waals surface area contributed by atoms with Gasteiger partial charge in [0.2, 0.25) is 15.9 Å². The van der Waals surface area contributed by atoms with Gasteiger partial charge < -0.3 is 9.80 Å². The van der Waals surface area contributed by atoms with E-state index in [4.69, 9.17) is 11.6 Å². The summed E-state index contributed by atoms with van der Waals surface area (Å²) in [5.74, 6) is -0.378. The Labute approximate surface area is 218 Å². The minimum absolute atomic E-state index is 0.0235. The number of sulfonamides is 1. The lowest BCUT2D eigenvalue weighted by Crippen LogP contribution is -2.51. The SMILES string of the molecule is O=C(CN(Cc1ccc(Cl)cc1)S(=O)(=O)c1ccccc1)N1CCN(c2cccc(C(F)(F)F)c2)CC1. The largest absolute Gasteiger partial charge is 0.416 e. The lowest BCUT2D eigenvalue weighted by molar-refractivity contribution is -0.137. The Morgan fingerprint density at radius 3 is 2.16 bits per heavy atom. The number of hydrogen-bond donors (Lipinski definition) is 0. The van der Waals surface area contributed by atoms with Gasteiger partial charge in [0, 0.05) is 43.4 Å². The first kappa shape index (κ1) is 27.0. The van der Waals surface area contributed by atoms with E-state index in [2.05, 4.69) is 0 Å². The number of carbonyl (C=O) groups excluding carboxylic acids is 1. The first-order valence-electron chi connectivity index (χ1n) is 11.5. The lowest BCUT2D eigenvalue weighted by atomic mass is 10.1. The van der Waals surface area contributed by atoms with Gasteiger partial charge in [-0.05, 0) is 48.0 Å². The van der Waals surface area contributed by atoms with Crippen LogP contribution in [0.25, 0.3) is 0 Å². The lowest BCUT2D eigenvalue weighted by Gasteiger charge is -2.37. The predicted octanol–water partition coefficient (Wildman–Crippen LogP) is 4.90. The fraction of sp³-hybridized carbons (Fsp3) is 0.269. The molecule has 0 unspecified atom stereocenters. The second-order valence-corrected chi connectivity index (χ2v) is 11.0. The van der Waals surface area contributed by atoms with Crippen molar-refractivity contribution in [3.63, 3.8) is 0 Å². The van der Waals surface area contributed by atoms with Crippen LogP contribution in [0.3, 0.4) is 0 Å². The van der Waals surface area contributed by atoms with Gasteiger partial charge in [0.15, 0.2) is 0 Å². The summed E-state index contributed by atoms with van der Waals surface area (Å²) in [6, 6.07) is 19.7. The standard InChI is InChI=1S/C26H25ClF3N3O3S/c27-22-11-9-20(10-12-22)18-33(37(35,36)24-7-2-1-3-8-24)19-25(34)32-15-13-31(14-16-32)23-6-4-5-21(17-23)26(28,29)30/h1-12,17H,13-16,18-19H2. The highest BCUT2D eigenvalue weighted by atomic mass is 35.5. The molecule has 4 rings (SSSR count). The molecule has 1 aliphatic rings. The molecule has 0 spiro atoms. The summed E-state index contributed by atoms with van der Waals surface area (Å²) >= 11 is 5.95. The minimum Gasteiger partial charge on any atom is -0.368 e. The fourth-order valence-corrected chi connectivity index (χ4v) is 5.63. The molecule has 3 aromatic carbocycles. The smallest absolute Gasteiger partial charge is 0.368 e. The van der Waals surface area contributed by atoms with Crippen molar-refractivity contribution in [2.24, 2.45) is 0 Å². The van der Waals surface area contributed by atoms with E-state index >= 15 is 0 Å². The Morgan fingerprint density at radius 2 is 1.54 bits per heavy atom. The van der Waals surface area contributed by atoms with Crippen molar-refractivity contribution in [1.82, 2.24) is 9.21 Å². The molecule has 11 heteroatoms. The molecule has 0 N–H and O–H groups in total. The number of alkyl halides is 3. The number of nitrogens with zero attached hydrogens (tertiary/aromatic N) is 3. The van der Waals surface area contributed by atoms with Crippen LogP contribution in [0.5, 0.6) is 0 Å². The third kappa shape index (κ3) is 6.63. The van der Waals surface area contributed by atoms with Crippen LogP contribution in [0.15, 0.2) is 83.8 Å². The second kappa shape index (κ2) is 11.1. The molecular formula is C26H25ClF3N3O3S. The molecule has 3 aromatic rings. The summed E-state index contributed by atoms with van der Waals surface area (Å²) in [6.07, 6.45) is -4.44. The third-order valence-electron chi connectivity index (χ3n) is 6.14. The maximum Gasteiger partial charge on any atom is 0.416 e. The molecule has 196 valence electrons. The van der Waals surface area contributed by atoms with Crippen molar-refractivity contribution in [1.29, 1.82) is 0 Å². The van der Waals surface area contributed by atoms with Gasteiger partial charge in [-0.1, -0.05) is 48.0 Å². The van der Waals surface area contributed by atoms with Crippen molar-refractivity contribution in [2.45, 2.75) is 17.6 Å². The highest BCUT2D eigenvalue weighted by Crippen LogP contribution is 2.32. The number of benzene rings is 3. The Kier molecular flexibility index (Phi) is 8.11. The molecule has 1 fully saturated rings. The number of anilines is 1. The van der Waals surface area contributed by atoms with E-state index in [1.165, 1.54) is 18.2 Å². The molecule has 0 aromatic heterocycles. The van der Waals surface area contributed by atoms with Gasteiger partial charge in [-0.25, -0.2) is 8.42 Å². The van der Waals surface area contributed by atoms with Gasteiger partial charge in [-0.3, -0.25) is 4.79 Å². The zero-order valence-corrected chi connectivity index (χ0v) is 21.3. The van der Waals surface area contributed by atoms with E-state index in [1.807, 2.05) is 0 Å². The molecule has 0 atom stereocenters. The van der Waals surface area contributed by atoms with Gasteiger partial charge in [0.1, 0.15) is 0 Å². The molecule has 37 heavy (non-hydrogen) atoms. The van der Waals surface area contributed by atoms with Gasteiger partial charge in [-0.2, -0.15) is 17.5 Å². The predicted molar refractivity (Wildman–Crippen MR) is 136 cm³/mol. The highest BCUT2D eigenvalue weighted by molar-refractivity contribution is 7.89. The molecule has 0 aliphatic carbocycles. The molecule has 1 aliphatic heterocycles. The molecule has 0 bridgehead atoms. The van der Waals surface area contributed by atoms with Crippen molar-refractivity contribution < 1.29 is 26.4 Å². The van der Waals surface area contributed by atoms with E-state index < -0.39 is 21.8 Å². The molecule has 1 saturated heterocycles. The van der Waals surface area contributed by atoms with E-state index in [1.54, 1.807) is 58.3 Å². The van der Waals surface area contributed by atoms with Gasteiger partial charge in [0.25, 0.3) is 0 Å². The van der Waals surface area contributed by atoms with Crippen LogP contribution >= 0.6 is 11.6 Å². The number of piperazine rings is 1. The normalized spacial score (nSPS) is 14.7. The van der Waals surface area contributed by atoms with Crippen molar-refractivity contribution >= 4 is 33.2 Å². The molecule has 0 radical (unpaired) electrons. The van der Waals surface area contributed by atoms with E-state index in [9.17, 15) is 26.4 Å². The molecular weight excluding hydrogens is 527 g/mol. The van der Waals surface area contributed by atoms with Crippen LogP contribution in [0.4, 0.5) is 18.9 Å². The summed E-state index contributed by atoms with van der Waals surface area (Å²) in [5.41, 5.74) is 0.372. The quantitative estimate of drug-likeness (QED) is 0.419. The van der Waals surface area contributed by atoms with Crippen LogP contribution in [0, 0.1) is 0 Å². The average molecular weight is 552 g/mol. The third-order valence-corrected chi connectivity index (χ3v) is 8.19. The maximum atomic E-state index is 13.4. The van der Waals surface area contributed by atoms with Crippen molar-refractivity contribution in [3.05, 3.63) is 95.0 Å². The molecule has 0 saturated carbocycles. The summed E-state index contributed by atoms with van der Waals surface area (Å²) in [7, 11) is -3.98. The number of carbonyl (C=O) groups is 1. The highest BCUT2D eigenvalue weighted by Gasteiger charge is 2.32. The van der Waals surface area contributed by atoms with Crippen molar-refractivity contribution in [2.75, 3.05) is 37.6 Å². The Hall–Kier alpha value is -3.08. The van der Waals surface area contributed by atoms with Crippen LogP contribution in [0.1, 0.15) is 11.1 Å². The molecule has 1 amide bonds. The first-order chi connectivity index (χ1) is 17.5. The zero-order valence-electron chi connectivity index (χ0n) is 19.7. The van der Waals surface area contributed by atoms with Crippen LogP contribution in [-0.2, 0) is 27.5 Å². The van der Waals surface area contributed by atoms with Gasteiger partial charge in [0.05, 0.1) is 17.0 Å². The van der Waals surface area contributed by atoms with Crippen LogP contribution in [0.2, 0.25) is 5.02 Å². The topological polar surface area (TPSA) is 60.9 Å². The zero-order chi connectivity index (χ0) is 26.6. The average Bonchev–Trinajstić information content (AvgIpc) is 2.89. The Morgan fingerprint density at radius 1 is 0.892 bits per heavy atom. The monoisotopic (exact) mass is 551 g/mol. The number of halogens is 4. The Balaban J connectivity index is 1.47. The van der Waals surface area contributed by atoms with E-state index in [-0.39, 0.29) is 37.0 Å². The van der Waals surface area contributed by atoms with Gasteiger partial charge >= 0.3 is 6.18 Å². The Bertz CT molecular complexity index is 1330. The second-order valence-electron chi connectivity index (χ2n) is 8.63.